The number of aromatic nitrogens is 1. The molecule has 2 rings (SSSR count). The van der Waals surface area contributed by atoms with Crippen molar-refractivity contribution in [1.29, 1.82) is 0 Å². The van der Waals surface area contributed by atoms with Crippen LogP contribution in [-0.4, -0.2) is 47.4 Å². The monoisotopic (exact) mass is 219 g/mol. The Morgan fingerprint density at radius 3 is 2.94 bits per heavy atom. The number of pyridine rings is 1. The van der Waals surface area contributed by atoms with Gasteiger partial charge in [-0.2, -0.15) is 0 Å². The molecule has 16 heavy (non-hydrogen) atoms. The number of hydrogen-bond donors (Lipinski definition) is 0. The van der Waals surface area contributed by atoms with Crippen LogP contribution in [0.1, 0.15) is 23.0 Å². The van der Waals surface area contributed by atoms with Crippen molar-refractivity contribution in [3.8, 4) is 0 Å². The number of amides is 1. The average molecular weight is 219 g/mol. The summed E-state index contributed by atoms with van der Waals surface area (Å²) in [7, 11) is 4.03. The van der Waals surface area contributed by atoms with Gasteiger partial charge in [-0.25, -0.2) is 0 Å². The Morgan fingerprint density at radius 1 is 1.56 bits per heavy atom. The fourth-order valence-corrected chi connectivity index (χ4v) is 2.13. The summed E-state index contributed by atoms with van der Waals surface area (Å²) in [5, 5.41) is 0. The van der Waals surface area contributed by atoms with Gasteiger partial charge in [-0.1, -0.05) is 0 Å². The van der Waals surface area contributed by atoms with Crippen LogP contribution in [-0.2, 0) is 6.54 Å². The van der Waals surface area contributed by atoms with Crippen LogP contribution in [0.2, 0.25) is 0 Å². The summed E-state index contributed by atoms with van der Waals surface area (Å²) in [4.78, 5) is 20.3. The maximum Gasteiger partial charge on any atom is 0.256 e. The van der Waals surface area contributed by atoms with E-state index in [1.807, 2.05) is 31.1 Å². The van der Waals surface area contributed by atoms with Crippen molar-refractivity contribution >= 4 is 5.91 Å². The molecule has 0 N–H and O–H groups in total. The molecule has 4 heteroatoms. The van der Waals surface area contributed by atoms with Crippen LogP contribution in [0.15, 0.2) is 18.3 Å². The van der Waals surface area contributed by atoms with Crippen molar-refractivity contribution in [2.75, 3.05) is 20.6 Å². The summed E-state index contributed by atoms with van der Waals surface area (Å²) in [6, 6.07) is 3.89. The highest BCUT2D eigenvalue weighted by molar-refractivity contribution is 5.97. The topological polar surface area (TPSA) is 36.4 Å². The van der Waals surface area contributed by atoms with Crippen LogP contribution in [0.3, 0.4) is 0 Å². The maximum absolute atomic E-state index is 12.1. The summed E-state index contributed by atoms with van der Waals surface area (Å²) in [5.74, 6) is 0.109. The molecule has 86 valence electrons. The molecule has 2 heterocycles. The molecule has 0 bridgehead atoms. The van der Waals surface area contributed by atoms with E-state index >= 15 is 0 Å². The zero-order valence-electron chi connectivity index (χ0n) is 9.97. The van der Waals surface area contributed by atoms with E-state index in [4.69, 9.17) is 0 Å². The molecule has 0 radical (unpaired) electrons. The van der Waals surface area contributed by atoms with Gasteiger partial charge in [0, 0.05) is 18.8 Å². The molecule has 0 aliphatic carbocycles. The van der Waals surface area contributed by atoms with E-state index in [0.717, 1.165) is 17.8 Å². The minimum absolute atomic E-state index is 0.109. The molecule has 0 fully saturated rings. The number of nitrogens with zero attached hydrogens (tertiary/aromatic N) is 3. The van der Waals surface area contributed by atoms with Crippen LogP contribution in [0, 0.1) is 0 Å². The number of carbonyl (C=O) groups excluding carboxylic acids is 1. The molecule has 1 atom stereocenters. The molecule has 1 aliphatic heterocycles. The second kappa shape index (κ2) is 4.22. The Balaban J connectivity index is 2.15. The second-order valence-corrected chi connectivity index (χ2v) is 4.54. The van der Waals surface area contributed by atoms with Gasteiger partial charge in [0.15, 0.2) is 0 Å². The predicted molar refractivity (Wildman–Crippen MR) is 62.1 cm³/mol. The lowest BCUT2D eigenvalue weighted by Gasteiger charge is -2.26. The van der Waals surface area contributed by atoms with Crippen molar-refractivity contribution in [2.24, 2.45) is 0 Å². The summed E-state index contributed by atoms with van der Waals surface area (Å²) in [6.07, 6.45) is 1.74. The molecule has 1 aromatic rings. The Hall–Kier alpha value is -1.42. The maximum atomic E-state index is 12.1. The van der Waals surface area contributed by atoms with Gasteiger partial charge in [-0.15, -0.1) is 0 Å². The Kier molecular flexibility index (Phi) is 2.92. The second-order valence-electron chi connectivity index (χ2n) is 4.54. The predicted octanol–water partition coefficient (Wildman–Crippen LogP) is 0.987. The first kappa shape index (κ1) is 11.1. The fourth-order valence-electron chi connectivity index (χ4n) is 2.13. The van der Waals surface area contributed by atoms with E-state index in [1.165, 1.54) is 0 Å². The van der Waals surface area contributed by atoms with Gasteiger partial charge < -0.3 is 9.80 Å². The quantitative estimate of drug-likeness (QED) is 0.760. The zero-order valence-corrected chi connectivity index (χ0v) is 9.97. The third-order valence-corrected chi connectivity index (χ3v) is 2.86. The smallest absolute Gasteiger partial charge is 0.256 e. The molecule has 0 saturated carbocycles. The van der Waals surface area contributed by atoms with Gasteiger partial charge in [-0.05, 0) is 33.2 Å². The van der Waals surface area contributed by atoms with Crippen molar-refractivity contribution in [2.45, 2.75) is 19.5 Å². The highest BCUT2D eigenvalue weighted by atomic mass is 16.2. The largest absolute Gasteiger partial charge is 0.329 e. The van der Waals surface area contributed by atoms with Crippen molar-refractivity contribution in [3.05, 3.63) is 29.6 Å². The van der Waals surface area contributed by atoms with Gasteiger partial charge in [0.05, 0.1) is 17.8 Å². The molecular weight excluding hydrogens is 202 g/mol. The van der Waals surface area contributed by atoms with Crippen LogP contribution >= 0.6 is 0 Å². The van der Waals surface area contributed by atoms with Gasteiger partial charge >= 0.3 is 0 Å². The average Bonchev–Trinajstić information content (AvgIpc) is 2.56. The fraction of sp³-hybridized carbons (Fsp3) is 0.500. The van der Waals surface area contributed by atoms with Crippen molar-refractivity contribution < 1.29 is 4.79 Å². The standard InChI is InChI=1S/C12H17N3O/c1-9(7-14(2)3)15-8-11-10(12(15)16)5-4-6-13-11/h4-6,9H,7-8H2,1-3H3. The van der Waals surface area contributed by atoms with Crippen molar-refractivity contribution in [1.82, 2.24) is 14.8 Å². The zero-order chi connectivity index (χ0) is 11.7. The number of carbonyl (C=O) groups is 1. The lowest BCUT2D eigenvalue weighted by atomic mass is 10.2. The van der Waals surface area contributed by atoms with Crippen LogP contribution < -0.4 is 0 Å². The van der Waals surface area contributed by atoms with E-state index in [1.54, 1.807) is 6.20 Å². The normalized spacial score (nSPS) is 16.8. The van der Waals surface area contributed by atoms with Crippen molar-refractivity contribution in [3.63, 3.8) is 0 Å². The lowest BCUT2D eigenvalue weighted by Crippen LogP contribution is -2.40. The van der Waals surface area contributed by atoms with E-state index in [0.29, 0.717) is 6.54 Å². The summed E-state index contributed by atoms with van der Waals surface area (Å²) >= 11 is 0. The molecule has 4 nitrogen and oxygen atoms in total. The minimum atomic E-state index is 0.109. The summed E-state index contributed by atoms with van der Waals surface area (Å²) < 4.78 is 0. The molecule has 1 amide bonds. The highest BCUT2D eigenvalue weighted by Gasteiger charge is 2.31. The first-order chi connectivity index (χ1) is 7.59. The summed E-state index contributed by atoms with van der Waals surface area (Å²) in [5.41, 5.74) is 1.66. The van der Waals surface area contributed by atoms with Crippen LogP contribution in [0.5, 0.6) is 0 Å². The van der Waals surface area contributed by atoms with Crippen LogP contribution in [0.25, 0.3) is 0 Å². The molecular formula is C12H17N3O. The third kappa shape index (κ3) is 1.93. The number of fused-ring (bicyclic) bond motifs is 1. The van der Waals surface area contributed by atoms with Crippen LogP contribution in [0.4, 0.5) is 0 Å². The lowest BCUT2D eigenvalue weighted by molar-refractivity contribution is 0.0691. The minimum Gasteiger partial charge on any atom is -0.329 e. The third-order valence-electron chi connectivity index (χ3n) is 2.86. The Labute approximate surface area is 95.9 Å². The van der Waals surface area contributed by atoms with E-state index in [9.17, 15) is 4.79 Å². The van der Waals surface area contributed by atoms with E-state index < -0.39 is 0 Å². The number of hydrogen-bond acceptors (Lipinski definition) is 3. The number of rotatable bonds is 3. The molecule has 1 unspecified atom stereocenters. The highest BCUT2D eigenvalue weighted by Crippen LogP contribution is 2.22. The molecule has 0 saturated heterocycles. The first-order valence-corrected chi connectivity index (χ1v) is 5.49. The molecule has 0 spiro atoms. The first-order valence-electron chi connectivity index (χ1n) is 5.49. The van der Waals surface area contributed by atoms with E-state index in [2.05, 4.69) is 16.8 Å². The van der Waals surface area contributed by atoms with Gasteiger partial charge in [0.1, 0.15) is 0 Å². The van der Waals surface area contributed by atoms with E-state index in [-0.39, 0.29) is 11.9 Å². The SMILES string of the molecule is CC(CN(C)C)N1Cc2ncccc2C1=O. The van der Waals surface area contributed by atoms with Gasteiger partial charge in [0.2, 0.25) is 0 Å². The summed E-state index contributed by atoms with van der Waals surface area (Å²) in [6.45, 7) is 3.59. The number of likely N-dealkylation sites (N-methyl/N-ethyl adjacent to an activating group) is 1. The Morgan fingerprint density at radius 2 is 2.31 bits per heavy atom. The van der Waals surface area contributed by atoms with Gasteiger partial charge in [0.25, 0.3) is 5.91 Å². The Bertz CT molecular complexity index is 403. The van der Waals surface area contributed by atoms with Gasteiger partial charge in [-0.3, -0.25) is 9.78 Å². The molecule has 1 aromatic heterocycles. The molecule has 0 aromatic carbocycles. The molecule has 1 aliphatic rings.